The van der Waals surface area contributed by atoms with E-state index in [0.29, 0.717) is 46.5 Å². The monoisotopic (exact) mass is 2550 g/mol. The van der Waals surface area contributed by atoms with Gasteiger partial charge in [-0.3, -0.25) is 19.9 Å². The van der Waals surface area contributed by atoms with E-state index < -0.39 is 30.1 Å². The number of hydrogen-bond acceptors (Lipinski definition) is 12. The second kappa shape index (κ2) is 43.3. The van der Waals surface area contributed by atoms with Gasteiger partial charge in [0.2, 0.25) is 23.5 Å². The fourth-order valence-electron chi connectivity index (χ4n) is 16.5. The number of benzene rings is 12. The zero-order valence-electron chi connectivity index (χ0n) is 73.2. The van der Waals surface area contributed by atoms with Crippen LogP contribution >= 0.6 is 30.1 Å². The number of aromatic nitrogens is 8. The molecule has 0 saturated carbocycles. The number of ether oxygens (including phenoxy) is 4. The molecule has 0 radical (unpaired) electrons. The molecule has 20 heteroatoms. The Morgan fingerprint density at radius 2 is 0.507 bits per heavy atom. The Labute approximate surface area is 849 Å². The van der Waals surface area contributed by atoms with E-state index in [4.69, 9.17) is 38.9 Å². The van der Waals surface area contributed by atoms with Crippen molar-refractivity contribution in [1.82, 2.24) is 39.9 Å². The summed E-state index contributed by atoms with van der Waals surface area (Å²) in [4.78, 5) is 36.1. The normalized spacial score (nSPS) is 11.4. The zero-order valence-corrected chi connectivity index (χ0v) is 85.9. The molecule has 0 aliphatic carbocycles. The van der Waals surface area contributed by atoms with Crippen molar-refractivity contribution in [3.8, 4) is 113 Å². The van der Waals surface area contributed by atoms with Crippen LogP contribution in [0.4, 0.5) is 0 Å². The van der Waals surface area contributed by atoms with Gasteiger partial charge in [-0.15, -0.1) is 72.8 Å². The number of pyridine rings is 8. The molecule has 0 spiro atoms. The molecule has 0 aliphatic heterocycles. The summed E-state index contributed by atoms with van der Waals surface area (Å²) in [6.07, 6.45) is 14.5. The van der Waals surface area contributed by atoms with Gasteiger partial charge in [0.15, 0.2) is 0 Å². The quantitative estimate of drug-likeness (QED) is 0.0851. The van der Waals surface area contributed by atoms with Crippen LogP contribution in [0.5, 0.6) is 46.5 Å². The molecule has 664 valence electrons. The van der Waals surface area contributed by atoms with Crippen molar-refractivity contribution in [2.45, 2.75) is 27.7 Å². The first kappa shape index (κ1) is 94.7. The first-order valence-electron chi connectivity index (χ1n) is 43.1. The van der Waals surface area contributed by atoms with Crippen LogP contribution in [0, 0.1) is 76.2 Å². The van der Waals surface area contributed by atoms with E-state index in [9.17, 15) is 0 Å². The Morgan fingerprint density at radius 1 is 0.206 bits per heavy atom. The van der Waals surface area contributed by atoms with Crippen LogP contribution in [-0.2, 0) is 84.3 Å². The number of rotatable bonds is 16. The minimum absolute atomic E-state index is 0. The summed E-state index contributed by atoms with van der Waals surface area (Å²) in [5, 5.41) is 20.3. The van der Waals surface area contributed by atoms with Gasteiger partial charge in [-0.1, -0.05) is 206 Å². The molecular formula is C116H76N8O4P4Pt4. The van der Waals surface area contributed by atoms with Crippen LogP contribution in [0.2, 0.25) is 0 Å². The van der Waals surface area contributed by atoms with Gasteiger partial charge in [0, 0.05) is 96.8 Å². The largest absolute Gasteiger partial charge is 2.00 e. The van der Waals surface area contributed by atoms with Gasteiger partial charge in [-0.25, -0.2) is 64.4 Å². The fourth-order valence-corrected chi connectivity index (χ4v) is 26.7. The van der Waals surface area contributed by atoms with Crippen molar-refractivity contribution in [1.29, 1.82) is 0 Å². The van der Waals surface area contributed by atoms with Crippen LogP contribution < -0.4 is 18.9 Å². The molecule has 0 bridgehead atoms. The molecule has 12 heterocycles. The molecule has 136 heavy (non-hydrogen) atoms. The summed E-state index contributed by atoms with van der Waals surface area (Å²) in [6.45, 7) is 8.44. The van der Waals surface area contributed by atoms with Crippen molar-refractivity contribution >= 4 is 114 Å². The fraction of sp³-hybridized carbons (Fsp3) is 0.0345. The molecule has 0 N–H and O–H groups in total. The van der Waals surface area contributed by atoms with E-state index in [1.165, 1.54) is 106 Å². The number of hydrogen-bond donors (Lipinski definition) is 0. The second-order valence-electron chi connectivity index (χ2n) is 31.5. The first-order valence-corrected chi connectivity index (χ1v) is 48.4. The summed E-state index contributed by atoms with van der Waals surface area (Å²) >= 11 is 0. The number of fused-ring (bicyclic) bond motifs is 12. The summed E-state index contributed by atoms with van der Waals surface area (Å²) in [5.41, 5.74) is 17.0. The van der Waals surface area contributed by atoms with Gasteiger partial charge in [0.25, 0.3) is 0 Å². The van der Waals surface area contributed by atoms with Crippen LogP contribution in [-0.4, -0.2) is 39.9 Å². The third-order valence-electron chi connectivity index (χ3n) is 22.6. The van der Waals surface area contributed by atoms with Gasteiger partial charge in [-0.05, 0) is 153 Å². The van der Waals surface area contributed by atoms with Crippen LogP contribution in [0.25, 0.3) is 150 Å². The van der Waals surface area contributed by atoms with E-state index >= 15 is 0 Å². The minimum Gasteiger partial charge on any atom is -0.460 e. The van der Waals surface area contributed by atoms with Gasteiger partial charge in [-0.2, -0.15) is 97.1 Å². The van der Waals surface area contributed by atoms with Gasteiger partial charge >= 0.3 is 84.3 Å². The third kappa shape index (κ3) is 20.4. The Bertz CT molecular complexity index is 8140. The smallest absolute Gasteiger partial charge is 0.460 e. The Morgan fingerprint density at radius 3 is 0.816 bits per heavy atom. The van der Waals surface area contributed by atoms with Crippen LogP contribution in [0.15, 0.2) is 389 Å². The number of nitrogens with zero attached hydrogens (tertiary/aromatic N) is 8. The minimum atomic E-state index is -0.769. The third-order valence-corrected chi connectivity index (χ3v) is 32.3. The van der Waals surface area contributed by atoms with Gasteiger partial charge < -0.3 is 18.9 Å². The maximum atomic E-state index is 5.90. The predicted molar refractivity (Wildman–Crippen MR) is 542 cm³/mol. The Balaban J connectivity index is 0.000000125. The standard InChI is InChI=1S/4C29H19N2OP.4Pt/c1-20-8-7-17-31-29(20)33-26-12-3-2-11-24(26)25-15-14-22(19-27(25)33)21-9-6-10-23(18-21)32-28-13-4-5-16-30-28;1-20-12-15-29(31-19-20)33-26-10-3-2-9-24(26)25-14-13-22(18-27(25)33)21-7-6-8-23(17-21)32-28-11-4-5-16-30-28;2*1-20-14-16-31-29(17-20)33-26-10-3-2-9-24(26)25-13-12-22(19-27(25)33)21-7-6-8-23(18-21)32-28-11-4-5-15-30-28;;;;/h2-17H,1H3;2-16,19H,1H3;2*2-17H,1H3;;;;/q4*-2;4*+2. The summed E-state index contributed by atoms with van der Waals surface area (Å²) in [7, 11) is -3.06. The number of aryl methyl sites for hydroxylation is 4. The zero-order chi connectivity index (χ0) is 88.8. The maximum absolute atomic E-state index is 5.90. The van der Waals surface area contributed by atoms with Crippen molar-refractivity contribution in [2.75, 3.05) is 0 Å². The van der Waals surface area contributed by atoms with E-state index in [1.54, 1.807) is 24.8 Å². The molecule has 12 aromatic carbocycles. The van der Waals surface area contributed by atoms with E-state index in [-0.39, 0.29) is 84.3 Å². The van der Waals surface area contributed by atoms with Crippen LogP contribution in [0.3, 0.4) is 0 Å². The maximum Gasteiger partial charge on any atom is 2.00 e. The van der Waals surface area contributed by atoms with E-state index in [0.717, 1.165) is 66.2 Å². The molecule has 0 amide bonds. The van der Waals surface area contributed by atoms with E-state index in [2.05, 4.69) is 272 Å². The average Bonchev–Trinajstić information content (AvgIpc) is 1.61. The molecule has 12 nitrogen and oxygen atoms in total. The van der Waals surface area contributed by atoms with Crippen molar-refractivity contribution in [2.24, 2.45) is 0 Å². The Hall–Kier alpha value is -13.0. The van der Waals surface area contributed by atoms with Gasteiger partial charge in [0.1, 0.15) is 0 Å². The molecule has 24 rings (SSSR count). The van der Waals surface area contributed by atoms with Crippen molar-refractivity contribution in [3.63, 3.8) is 0 Å². The van der Waals surface area contributed by atoms with Gasteiger partial charge in [0.05, 0.1) is 21.7 Å². The molecule has 0 fully saturated rings. The first-order chi connectivity index (χ1) is 65.1. The molecule has 0 saturated heterocycles. The molecular weight excluding hydrogens is 2470 g/mol. The molecule has 4 unspecified atom stereocenters. The summed E-state index contributed by atoms with van der Waals surface area (Å²) in [6, 6.07) is 143. The van der Waals surface area contributed by atoms with Crippen LogP contribution in [0.1, 0.15) is 22.3 Å². The topological polar surface area (TPSA) is 140 Å². The molecule has 4 atom stereocenters. The Kier molecular flexibility index (Phi) is 30.2. The summed E-state index contributed by atoms with van der Waals surface area (Å²) < 4.78 is 23.6. The van der Waals surface area contributed by atoms with Crippen molar-refractivity contribution < 1.29 is 103 Å². The molecule has 12 aromatic heterocycles. The molecule has 0 aliphatic rings. The predicted octanol–water partition coefficient (Wildman–Crippen LogP) is 32.5. The SMILES string of the molecule is Cc1ccc(-p2c3[c-]c(-c4[c-]c(Oc5ccccn5)ccc4)ccc3c3ccccc32)nc1.Cc1cccnc1-p1c2[c-]c(-c3[c-]c(Oc4ccccn4)ccc3)ccc2c2ccccc21.Cc1ccnc(-p2c3[c-]c(-c4[c-]c(Oc5ccccn5)ccc4)ccc3c3ccccc32)c1.Cc1ccnc(-p2c3[c-]c(-c4[c-]c(Oc5ccccn5)ccc4)ccc3c3ccccc32)c1.[Pt+2].[Pt+2].[Pt+2].[Pt+2]. The van der Waals surface area contributed by atoms with Crippen molar-refractivity contribution in [3.05, 3.63) is 460 Å². The summed E-state index contributed by atoms with van der Waals surface area (Å²) in [5.74, 6) is 4.72. The second-order valence-corrected chi connectivity index (χ2v) is 39.7. The van der Waals surface area contributed by atoms with E-state index in [1.807, 2.05) is 189 Å². The molecule has 24 aromatic rings. The average molecular weight is 2550 g/mol.